The number of hydrogen-bond acceptors (Lipinski definition) is 7. The minimum Gasteiger partial charge on any atom is -0.497 e. The van der Waals surface area contributed by atoms with Crippen LogP contribution in [0.2, 0.25) is 0 Å². The summed E-state index contributed by atoms with van der Waals surface area (Å²) in [5, 5.41) is 0. The van der Waals surface area contributed by atoms with Gasteiger partial charge in [0.25, 0.3) is 0 Å². The van der Waals surface area contributed by atoms with Crippen molar-refractivity contribution in [2.24, 2.45) is 11.8 Å². The summed E-state index contributed by atoms with van der Waals surface area (Å²) in [7, 11) is 3.18. The molecule has 2 aliphatic carbocycles. The molecule has 2 fully saturated rings. The van der Waals surface area contributed by atoms with E-state index >= 15 is 14.4 Å². The van der Waals surface area contributed by atoms with Gasteiger partial charge in [-0.2, -0.15) is 0 Å². The van der Waals surface area contributed by atoms with Crippen molar-refractivity contribution in [1.29, 1.82) is 0 Å². The SMILES string of the molecule is CCOC(=O)c1cccc(N2C(=O)[C@H]3[C@H](C2=O)[C@@]2(c4ccccc4)C(=O)[C@@]3(c3ccccc3)C(c3ccc(OC)cc3)=C2c2ccc(OC)cc2)c1. The molecule has 1 heterocycles. The number of hydrogen-bond donors (Lipinski definition) is 0. The van der Waals surface area contributed by atoms with Gasteiger partial charge in [-0.25, -0.2) is 9.69 Å². The molecule has 1 saturated carbocycles. The van der Waals surface area contributed by atoms with Crippen LogP contribution < -0.4 is 14.4 Å². The van der Waals surface area contributed by atoms with Gasteiger partial charge in [0.05, 0.1) is 54.7 Å². The van der Waals surface area contributed by atoms with E-state index in [1.165, 1.54) is 11.0 Å². The topological polar surface area (TPSA) is 99.2 Å². The van der Waals surface area contributed by atoms with Crippen molar-refractivity contribution < 1.29 is 33.4 Å². The third kappa shape index (κ3) is 4.40. The zero-order valence-electron chi connectivity index (χ0n) is 28.9. The molecular formula is C44H35NO7. The van der Waals surface area contributed by atoms with Gasteiger partial charge in [0.15, 0.2) is 5.78 Å². The number of ether oxygens (including phenoxy) is 3. The van der Waals surface area contributed by atoms with Crippen molar-refractivity contribution in [2.45, 2.75) is 17.8 Å². The summed E-state index contributed by atoms with van der Waals surface area (Å²) < 4.78 is 16.3. The number of fused-ring (bicyclic) bond motifs is 5. The van der Waals surface area contributed by atoms with Crippen LogP contribution in [0.5, 0.6) is 11.5 Å². The Balaban J connectivity index is 1.49. The molecule has 8 nitrogen and oxygen atoms in total. The predicted molar refractivity (Wildman–Crippen MR) is 196 cm³/mol. The van der Waals surface area contributed by atoms with Crippen LogP contribution in [0.3, 0.4) is 0 Å². The fourth-order valence-electron chi connectivity index (χ4n) is 8.88. The van der Waals surface area contributed by atoms with Gasteiger partial charge in [0.2, 0.25) is 11.8 Å². The molecule has 4 atom stereocenters. The molecule has 52 heavy (non-hydrogen) atoms. The van der Waals surface area contributed by atoms with E-state index in [1.807, 2.05) is 109 Å². The zero-order chi connectivity index (χ0) is 36.2. The summed E-state index contributed by atoms with van der Waals surface area (Å²) in [5.41, 5.74) is 1.29. The summed E-state index contributed by atoms with van der Waals surface area (Å²) >= 11 is 0. The predicted octanol–water partition coefficient (Wildman–Crippen LogP) is 7.07. The lowest BCUT2D eigenvalue weighted by molar-refractivity contribution is -0.130. The number of carbonyl (C=O) groups is 4. The molecule has 2 amide bonds. The number of ketones is 1. The average Bonchev–Trinajstić information content (AvgIpc) is 3.70. The molecule has 5 aromatic carbocycles. The van der Waals surface area contributed by atoms with Crippen LogP contribution >= 0.6 is 0 Å². The highest BCUT2D eigenvalue weighted by molar-refractivity contribution is 6.39. The van der Waals surface area contributed by atoms with E-state index in [-0.39, 0.29) is 23.6 Å². The van der Waals surface area contributed by atoms with Crippen LogP contribution in [0.4, 0.5) is 5.69 Å². The van der Waals surface area contributed by atoms with Gasteiger partial charge < -0.3 is 14.2 Å². The standard InChI is InChI=1S/C44H35NO7/c1-4-52-41(48)29-12-11-17-32(26-29)45-39(46)37-38(40(45)47)44(31-15-9-6-10-16-31)36(28-20-24-34(51-3)25-21-28)35(27-18-22-33(50-2)23-19-27)43(37,42(44)49)30-13-7-5-8-14-30/h5-26,37-38H,4H2,1-3H3/t37-,38-,43+,44+/m1/s1. The van der Waals surface area contributed by atoms with Gasteiger partial charge >= 0.3 is 5.97 Å². The Morgan fingerprint density at radius 1 is 0.615 bits per heavy atom. The first kappa shape index (κ1) is 32.9. The minimum absolute atomic E-state index is 0.171. The molecule has 0 N–H and O–H groups in total. The van der Waals surface area contributed by atoms with Crippen LogP contribution in [0, 0.1) is 11.8 Å². The van der Waals surface area contributed by atoms with E-state index in [1.54, 1.807) is 39.3 Å². The van der Waals surface area contributed by atoms with Crippen molar-refractivity contribution >= 4 is 40.4 Å². The molecule has 0 radical (unpaired) electrons. The van der Waals surface area contributed by atoms with Crippen molar-refractivity contribution in [3.05, 3.63) is 161 Å². The van der Waals surface area contributed by atoms with Crippen LogP contribution in [-0.2, 0) is 30.0 Å². The molecule has 1 saturated heterocycles. The lowest BCUT2D eigenvalue weighted by atomic mass is 9.59. The number of benzene rings is 5. The van der Waals surface area contributed by atoms with Crippen molar-refractivity contribution in [3.8, 4) is 11.5 Å². The molecule has 8 heteroatoms. The van der Waals surface area contributed by atoms with Gasteiger partial charge in [-0.15, -0.1) is 0 Å². The Hall–Kier alpha value is -6.28. The summed E-state index contributed by atoms with van der Waals surface area (Å²) in [6, 6.07) is 40.0. The van der Waals surface area contributed by atoms with E-state index in [0.29, 0.717) is 33.8 Å². The van der Waals surface area contributed by atoms with E-state index in [9.17, 15) is 4.79 Å². The minimum atomic E-state index is -1.58. The Bertz CT molecular complexity index is 2130. The van der Waals surface area contributed by atoms with Gasteiger partial charge in [0, 0.05) is 0 Å². The summed E-state index contributed by atoms with van der Waals surface area (Å²) in [6.45, 7) is 1.88. The largest absolute Gasteiger partial charge is 0.497 e. The Morgan fingerprint density at radius 3 is 1.50 bits per heavy atom. The molecule has 0 unspecified atom stereocenters. The fourth-order valence-corrected chi connectivity index (χ4v) is 8.88. The van der Waals surface area contributed by atoms with Gasteiger partial charge in [-0.3, -0.25) is 14.4 Å². The maximum Gasteiger partial charge on any atom is 0.338 e. The number of rotatable bonds is 9. The smallest absolute Gasteiger partial charge is 0.338 e. The first-order chi connectivity index (χ1) is 25.3. The first-order valence-corrected chi connectivity index (χ1v) is 17.2. The number of methoxy groups -OCH3 is 2. The Kier molecular flexibility index (Phi) is 7.90. The maximum absolute atomic E-state index is 16.1. The zero-order valence-corrected chi connectivity index (χ0v) is 28.9. The molecule has 258 valence electrons. The van der Waals surface area contributed by atoms with Gasteiger partial charge in [-0.1, -0.05) is 91.0 Å². The number of amides is 2. The summed E-state index contributed by atoms with van der Waals surface area (Å²) in [5.74, 6) is -2.77. The Labute approximate surface area is 301 Å². The Morgan fingerprint density at radius 2 is 1.08 bits per heavy atom. The molecule has 0 aromatic heterocycles. The van der Waals surface area contributed by atoms with Crippen molar-refractivity contribution in [2.75, 3.05) is 25.7 Å². The van der Waals surface area contributed by atoms with E-state index in [2.05, 4.69) is 0 Å². The molecule has 2 bridgehead atoms. The first-order valence-electron chi connectivity index (χ1n) is 17.2. The second kappa shape index (κ2) is 12.5. The number of imide groups is 1. The average molecular weight is 690 g/mol. The van der Waals surface area contributed by atoms with Gasteiger partial charge in [0.1, 0.15) is 11.5 Å². The third-order valence-electron chi connectivity index (χ3n) is 10.8. The monoisotopic (exact) mass is 689 g/mol. The van der Waals surface area contributed by atoms with E-state index in [4.69, 9.17) is 14.2 Å². The summed E-state index contributed by atoms with van der Waals surface area (Å²) in [4.78, 5) is 60.6. The molecule has 0 spiro atoms. The number of Topliss-reactive ketones (excluding diaryl/α,β-unsaturated/α-hetero) is 1. The normalized spacial score (nSPS) is 23.2. The highest BCUT2D eigenvalue weighted by Gasteiger charge is 2.82. The second-order valence-corrected chi connectivity index (χ2v) is 13.1. The second-order valence-electron chi connectivity index (χ2n) is 13.1. The van der Waals surface area contributed by atoms with E-state index < -0.39 is 40.4 Å². The molecule has 3 aliphatic rings. The number of carbonyl (C=O) groups excluding carboxylic acids is 4. The lowest BCUT2D eigenvalue weighted by Gasteiger charge is -2.39. The highest BCUT2D eigenvalue weighted by Crippen LogP contribution is 2.74. The van der Waals surface area contributed by atoms with Crippen LogP contribution in [0.15, 0.2) is 133 Å². The molecule has 8 rings (SSSR count). The van der Waals surface area contributed by atoms with Crippen LogP contribution in [0.25, 0.3) is 11.1 Å². The molecular weight excluding hydrogens is 654 g/mol. The van der Waals surface area contributed by atoms with Crippen molar-refractivity contribution in [3.63, 3.8) is 0 Å². The molecule has 1 aliphatic heterocycles. The third-order valence-corrected chi connectivity index (χ3v) is 10.8. The highest BCUT2D eigenvalue weighted by atomic mass is 16.5. The number of nitrogens with zero attached hydrogens (tertiary/aromatic N) is 1. The lowest BCUT2D eigenvalue weighted by Crippen LogP contribution is -2.45. The quantitative estimate of drug-likeness (QED) is 0.121. The molecule has 5 aromatic rings. The van der Waals surface area contributed by atoms with Crippen LogP contribution in [0.1, 0.15) is 39.5 Å². The number of allylic oxidation sites excluding steroid dienone is 2. The summed E-state index contributed by atoms with van der Waals surface area (Å²) in [6.07, 6.45) is 0. The van der Waals surface area contributed by atoms with E-state index in [0.717, 1.165) is 11.1 Å². The number of esters is 1. The van der Waals surface area contributed by atoms with Gasteiger partial charge in [-0.05, 0) is 82.8 Å². The number of anilines is 1. The maximum atomic E-state index is 16.1. The van der Waals surface area contributed by atoms with Crippen molar-refractivity contribution in [1.82, 2.24) is 0 Å². The fraction of sp³-hybridized carbons (Fsp3) is 0.182. The van der Waals surface area contributed by atoms with Crippen LogP contribution in [-0.4, -0.2) is 44.4 Å².